The molecular formula is C14H13Cl2NO2. The SMILES string of the molecule is CC(C)n1c(C(=O)O)ccc1-c1ccc(Cl)c(Cl)c1. The predicted molar refractivity (Wildman–Crippen MR) is 77.2 cm³/mol. The van der Waals surface area contributed by atoms with E-state index in [1.807, 2.05) is 19.9 Å². The molecule has 0 aliphatic carbocycles. The second kappa shape index (κ2) is 5.27. The minimum absolute atomic E-state index is 0.0329. The lowest BCUT2D eigenvalue weighted by atomic mass is 10.1. The summed E-state index contributed by atoms with van der Waals surface area (Å²) in [7, 11) is 0. The summed E-state index contributed by atoms with van der Waals surface area (Å²) in [6.07, 6.45) is 0. The van der Waals surface area contributed by atoms with E-state index in [1.165, 1.54) is 0 Å². The Hall–Kier alpha value is -1.45. The van der Waals surface area contributed by atoms with Crippen LogP contribution in [-0.2, 0) is 0 Å². The van der Waals surface area contributed by atoms with Crippen molar-refractivity contribution in [2.45, 2.75) is 19.9 Å². The first-order valence-electron chi connectivity index (χ1n) is 5.81. The van der Waals surface area contributed by atoms with Crippen LogP contribution in [0.25, 0.3) is 11.3 Å². The van der Waals surface area contributed by atoms with E-state index in [0.717, 1.165) is 11.3 Å². The first-order valence-corrected chi connectivity index (χ1v) is 6.57. The standard InChI is InChI=1S/C14H13Cl2NO2/c1-8(2)17-12(5-6-13(17)14(18)19)9-3-4-10(15)11(16)7-9/h3-8H,1-2H3,(H,18,19). The Morgan fingerprint density at radius 3 is 2.37 bits per heavy atom. The van der Waals surface area contributed by atoms with E-state index in [1.54, 1.807) is 28.8 Å². The number of benzene rings is 1. The van der Waals surface area contributed by atoms with Gasteiger partial charge in [-0.1, -0.05) is 29.3 Å². The average Bonchev–Trinajstić information content (AvgIpc) is 2.77. The smallest absolute Gasteiger partial charge is 0.352 e. The van der Waals surface area contributed by atoms with Gasteiger partial charge in [0.25, 0.3) is 0 Å². The van der Waals surface area contributed by atoms with Crippen molar-refractivity contribution in [1.82, 2.24) is 4.57 Å². The number of aromatic nitrogens is 1. The molecule has 100 valence electrons. The number of nitrogens with zero attached hydrogens (tertiary/aromatic N) is 1. The second-order valence-electron chi connectivity index (χ2n) is 4.50. The summed E-state index contributed by atoms with van der Waals surface area (Å²) in [6, 6.07) is 8.68. The van der Waals surface area contributed by atoms with Crippen LogP contribution < -0.4 is 0 Å². The van der Waals surface area contributed by atoms with E-state index < -0.39 is 5.97 Å². The summed E-state index contributed by atoms with van der Waals surface area (Å²) < 4.78 is 1.77. The van der Waals surface area contributed by atoms with Crippen LogP contribution in [0.4, 0.5) is 0 Å². The molecule has 0 atom stereocenters. The Labute approximate surface area is 121 Å². The summed E-state index contributed by atoms with van der Waals surface area (Å²) in [5.74, 6) is -0.944. The second-order valence-corrected chi connectivity index (χ2v) is 5.32. The molecule has 2 rings (SSSR count). The monoisotopic (exact) mass is 297 g/mol. The molecule has 0 aliphatic rings. The zero-order valence-electron chi connectivity index (χ0n) is 10.5. The van der Waals surface area contributed by atoms with Gasteiger partial charge in [0.05, 0.1) is 10.0 Å². The maximum absolute atomic E-state index is 11.2. The lowest BCUT2D eigenvalue weighted by Gasteiger charge is -2.16. The minimum Gasteiger partial charge on any atom is -0.477 e. The van der Waals surface area contributed by atoms with Crippen molar-refractivity contribution in [3.63, 3.8) is 0 Å². The predicted octanol–water partition coefficient (Wildman–Crippen LogP) is 4.74. The van der Waals surface area contributed by atoms with Gasteiger partial charge in [-0.3, -0.25) is 0 Å². The van der Waals surface area contributed by atoms with Gasteiger partial charge in [0, 0.05) is 11.7 Å². The molecule has 3 nitrogen and oxygen atoms in total. The van der Waals surface area contributed by atoms with Gasteiger partial charge in [0.2, 0.25) is 0 Å². The molecule has 0 radical (unpaired) electrons. The highest BCUT2D eigenvalue weighted by Gasteiger charge is 2.17. The molecule has 1 aromatic carbocycles. The van der Waals surface area contributed by atoms with Crippen molar-refractivity contribution in [1.29, 1.82) is 0 Å². The van der Waals surface area contributed by atoms with Crippen molar-refractivity contribution >= 4 is 29.2 Å². The van der Waals surface area contributed by atoms with Crippen LogP contribution in [0.5, 0.6) is 0 Å². The van der Waals surface area contributed by atoms with E-state index in [2.05, 4.69) is 0 Å². The number of rotatable bonds is 3. The van der Waals surface area contributed by atoms with Gasteiger partial charge < -0.3 is 9.67 Å². The summed E-state index contributed by atoms with van der Waals surface area (Å²) in [4.78, 5) is 11.2. The van der Waals surface area contributed by atoms with Crippen molar-refractivity contribution in [2.75, 3.05) is 0 Å². The lowest BCUT2D eigenvalue weighted by molar-refractivity contribution is 0.0683. The number of halogens is 2. The van der Waals surface area contributed by atoms with Crippen LogP contribution in [0.3, 0.4) is 0 Å². The molecule has 0 amide bonds. The Morgan fingerprint density at radius 1 is 1.16 bits per heavy atom. The fourth-order valence-electron chi connectivity index (χ4n) is 2.07. The van der Waals surface area contributed by atoms with E-state index >= 15 is 0 Å². The summed E-state index contributed by atoms with van der Waals surface area (Å²) in [6.45, 7) is 3.88. The van der Waals surface area contributed by atoms with Crippen LogP contribution in [0.1, 0.15) is 30.4 Å². The molecule has 1 heterocycles. The van der Waals surface area contributed by atoms with Gasteiger partial charge >= 0.3 is 5.97 Å². The highest BCUT2D eigenvalue weighted by atomic mass is 35.5. The largest absolute Gasteiger partial charge is 0.477 e. The Bertz CT molecular complexity index is 632. The van der Waals surface area contributed by atoms with Crippen LogP contribution >= 0.6 is 23.2 Å². The van der Waals surface area contributed by atoms with Crippen molar-refractivity contribution in [3.8, 4) is 11.3 Å². The summed E-state index contributed by atoms with van der Waals surface area (Å²) in [5, 5.41) is 10.1. The maximum atomic E-state index is 11.2. The first kappa shape index (κ1) is 14.0. The van der Waals surface area contributed by atoms with Crippen LogP contribution in [0.15, 0.2) is 30.3 Å². The molecule has 0 spiro atoms. The molecule has 1 aromatic heterocycles. The maximum Gasteiger partial charge on any atom is 0.352 e. The lowest BCUT2D eigenvalue weighted by Crippen LogP contribution is -2.11. The molecule has 1 N–H and O–H groups in total. The minimum atomic E-state index is -0.944. The summed E-state index contributed by atoms with van der Waals surface area (Å²) >= 11 is 11.9. The Morgan fingerprint density at radius 2 is 1.84 bits per heavy atom. The average molecular weight is 298 g/mol. The molecule has 0 bridgehead atoms. The molecule has 0 unspecified atom stereocenters. The molecule has 0 fully saturated rings. The van der Waals surface area contributed by atoms with Gasteiger partial charge in [0.1, 0.15) is 5.69 Å². The van der Waals surface area contributed by atoms with E-state index in [4.69, 9.17) is 23.2 Å². The topological polar surface area (TPSA) is 42.2 Å². The molecule has 0 saturated heterocycles. The fraction of sp³-hybridized carbons (Fsp3) is 0.214. The molecular weight excluding hydrogens is 285 g/mol. The van der Waals surface area contributed by atoms with Crippen LogP contribution in [0, 0.1) is 0 Å². The molecule has 0 saturated carbocycles. The molecule has 19 heavy (non-hydrogen) atoms. The zero-order chi connectivity index (χ0) is 14.2. The molecule has 0 aliphatic heterocycles. The molecule has 2 aromatic rings. The highest BCUT2D eigenvalue weighted by Crippen LogP contribution is 2.31. The third kappa shape index (κ3) is 2.62. The van der Waals surface area contributed by atoms with Crippen molar-refractivity contribution in [3.05, 3.63) is 46.1 Å². The fourth-order valence-corrected chi connectivity index (χ4v) is 2.37. The van der Waals surface area contributed by atoms with Crippen molar-refractivity contribution in [2.24, 2.45) is 0 Å². The highest BCUT2D eigenvalue weighted by molar-refractivity contribution is 6.42. The van der Waals surface area contributed by atoms with E-state index in [9.17, 15) is 9.90 Å². The van der Waals surface area contributed by atoms with Crippen molar-refractivity contribution < 1.29 is 9.90 Å². The van der Waals surface area contributed by atoms with E-state index in [0.29, 0.717) is 10.0 Å². The number of carboxylic acids is 1. The Kier molecular flexibility index (Phi) is 3.88. The normalized spacial score (nSPS) is 11.0. The number of hydrogen-bond donors (Lipinski definition) is 1. The quantitative estimate of drug-likeness (QED) is 0.889. The number of carbonyl (C=O) groups is 1. The van der Waals surface area contributed by atoms with Gasteiger partial charge in [-0.15, -0.1) is 0 Å². The third-order valence-electron chi connectivity index (χ3n) is 2.87. The number of carboxylic acid groups (broad SMARTS) is 1. The van der Waals surface area contributed by atoms with Gasteiger partial charge in [-0.25, -0.2) is 4.79 Å². The zero-order valence-corrected chi connectivity index (χ0v) is 12.0. The number of hydrogen-bond acceptors (Lipinski definition) is 1. The molecule has 5 heteroatoms. The first-order chi connectivity index (χ1) is 8.91. The van der Waals surface area contributed by atoms with Gasteiger partial charge in [-0.2, -0.15) is 0 Å². The Balaban J connectivity index is 2.62. The van der Waals surface area contributed by atoms with E-state index in [-0.39, 0.29) is 11.7 Å². The van der Waals surface area contributed by atoms with Gasteiger partial charge in [0.15, 0.2) is 0 Å². The summed E-state index contributed by atoms with van der Waals surface area (Å²) in [5.41, 5.74) is 1.91. The van der Waals surface area contributed by atoms with Gasteiger partial charge in [-0.05, 0) is 43.7 Å². The van der Waals surface area contributed by atoms with Crippen LogP contribution in [-0.4, -0.2) is 15.6 Å². The van der Waals surface area contributed by atoms with Crippen LogP contribution in [0.2, 0.25) is 10.0 Å². The number of aromatic carboxylic acids is 1. The third-order valence-corrected chi connectivity index (χ3v) is 3.61.